The number of hydrogen-bond donors (Lipinski definition) is 2. The fourth-order valence-corrected chi connectivity index (χ4v) is 2.66. The van der Waals surface area contributed by atoms with Gasteiger partial charge in [-0.15, -0.1) is 0 Å². The predicted molar refractivity (Wildman–Crippen MR) is 76.2 cm³/mol. The van der Waals surface area contributed by atoms with Crippen LogP contribution in [0.15, 0.2) is 28.8 Å². The molecule has 0 spiro atoms. The predicted octanol–water partition coefficient (Wildman–Crippen LogP) is 1.71. The third kappa shape index (κ3) is 2.49. The van der Waals surface area contributed by atoms with Crippen molar-refractivity contribution in [2.24, 2.45) is 0 Å². The largest absolute Gasteiger partial charge is 0.384 e. The molecule has 1 amide bonds. The number of carbonyl (C=O) groups is 1. The van der Waals surface area contributed by atoms with Gasteiger partial charge in [0.15, 0.2) is 0 Å². The Hall–Kier alpha value is -2.37. The number of benzene rings is 1. The van der Waals surface area contributed by atoms with Gasteiger partial charge in [0, 0.05) is 30.6 Å². The number of nitrogens with zero attached hydrogens (tertiary/aromatic N) is 2. The Morgan fingerprint density at radius 3 is 3.10 bits per heavy atom. The Labute approximate surface area is 121 Å². The average molecular weight is 284 g/mol. The molecule has 1 aliphatic heterocycles. The Morgan fingerprint density at radius 2 is 2.24 bits per heavy atom. The molecule has 2 heterocycles. The van der Waals surface area contributed by atoms with E-state index < -0.39 is 0 Å². The van der Waals surface area contributed by atoms with E-state index in [4.69, 9.17) is 4.52 Å². The minimum atomic E-state index is -0.238. The summed E-state index contributed by atoms with van der Waals surface area (Å²) >= 11 is 0. The summed E-state index contributed by atoms with van der Waals surface area (Å²) in [6.45, 7) is 0.853. The molecule has 0 bridgehead atoms. The Kier molecular flexibility index (Phi) is 2.87. The molecule has 1 atom stereocenters. The van der Waals surface area contributed by atoms with Crippen LogP contribution in [0.4, 0.5) is 5.69 Å². The first kappa shape index (κ1) is 12.4. The van der Waals surface area contributed by atoms with Crippen LogP contribution in [0.25, 0.3) is 0 Å². The van der Waals surface area contributed by atoms with E-state index in [2.05, 4.69) is 32.9 Å². The van der Waals surface area contributed by atoms with Gasteiger partial charge in [-0.05, 0) is 24.5 Å². The van der Waals surface area contributed by atoms with Crippen LogP contribution in [0, 0.1) is 0 Å². The van der Waals surface area contributed by atoms with Gasteiger partial charge >= 0.3 is 0 Å². The molecule has 2 N–H and O–H groups in total. The highest BCUT2D eigenvalue weighted by Gasteiger charge is 2.27. The van der Waals surface area contributed by atoms with Gasteiger partial charge < -0.3 is 15.2 Å². The maximum atomic E-state index is 11.8. The zero-order valence-electron chi connectivity index (χ0n) is 11.5. The lowest BCUT2D eigenvalue weighted by Crippen LogP contribution is -2.26. The number of amides is 1. The molecule has 1 aromatic carbocycles. The minimum Gasteiger partial charge on any atom is -0.384 e. The molecule has 6 nitrogen and oxygen atoms in total. The molecular weight excluding hydrogens is 268 g/mol. The molecule has 21 heavy (non-hydrogen) atoms. The maximum Gasteiger partial charge on any atom is 0.292 e. The maximum absolute atomic E-state index is 11.8. The van der Waals surface area contributed by atoms with Crippen LogP contribution in [0.3, 0.4) is 0 Å². The first-order valence-corrected chi connectivity index (χ1v) is 7.26. The SMILES string of the molecule is O=C(NC1CC1)c1noc(CC2CNc3ccccc32)n1. The number of para-hydroxylation sites is 1. The summed E-state index contributed by atoms with van der Waals surface area (Å²) < 4.78 is 5.21. The van der Waals surface area contributed by atoms with Crippen LogP contribution >= 0.6 is 0 Å². The summed E-state index contributed by atoms with van der Waals surface area (Å²) in [4.78, 5) is 16.0. The van der Waals surface area contributed by atoms with E-state index in [1.165, 1.54) is 5.56 Å². The Bertz CT molecular complexity index is 678. The number of fused-ring (bicyclic) bond motifs is 1. The summed E-state index contributed by atoms with van der Waals surface area (Å²) in [5.41, 5.74) is 2.42. The van der Waals surface area contributed by atoms with Crippen molar-refractivity contribution < 1.29 is 9.32 Å². The first-order chi connectivity index (χ1) is 10.3. The summed E-state index contributed by atoms with van der Waals surface area (Å²) in [5, 5.41) is 10.00. The topological polar surface area (TPSA) is 80.0 Å². The van der Waals surface area contributed by atoms with Crippen molar-refractivity contribution in [3.8, 4) is 0 Å². The fraction of sp³-hybridized carbons (Fsp3) is 0.400. The van der Waals surface area contributed by atoms with E-state index in [0.717, 1.165) is 25.1 Å². The molecule has 1 fully saturated rings. The van der Waals surface area contributed by atoms with Crippen LogP contribution in [0.5, 0.6) is 0 Å². The summed E-state index contributed by atoms with van der Waals surface area (Å²) in [6, 6.07) is 8.52. The van der Waals surface area contributed by atoms with E-state index in [1.807, 2.05) is 12.1 Å². The van der Waals surface area contributed by atoms with Crippen LogP contribution < -0.4 is 10.6 Å². The number of aromatic nitrogens is 2. The van der Waals surface area contributed by atoms with E-state index in [0.29, 0.717) is 24.3 Å². The standard InChI is InChI=1S/C15H16N4O2/c20-15(17-10-5-6-10)14-18-13(21-19-14)7-9-8-16-12-4-2-1-3-11(9)12/h1-4,9-10,16H,5-8H2,(H,17,20). The summed E-state index contributed by atoms with van der Waals surface area (Å²) in [7, 11) is 0. The number of nitrogens with one attached hydrogen (secondary N) is 2. The second-order valence-electron chi connectivity index (χ2n) is 5.63. The van der Waals surface area contributed by atoms with Crippen molar-refractivity contribution in [2.75, 3.05) is 11.9 Å². The first-order valence-electron chi connectivity index (χ1n) is 7.26. The third-order valence-electron chi connectivity index (χ3n) is 3.94. The van der Waals surface area contributed by atoms with Crippen LogP contribution in [-0.4, -0.2) is 28.6 Å². The lowest BCUT2D eigenvalue weighted by molar-refractivity contribution is 0.0937. The zero-order chi connectivity index (χ0) is 14.2. The highest BCUT2D eigenvalue weighted by atomic mass is 16.5. The van der Waals surface area contributed by atoms with Crippen molar-refractivity contribution in [3.05, 3.63) is 41.5 Å². The minimum absolute atomic E-state index is 0.135. The van der Waals surface area contributed by atoms with Gasteiger partial charge in [0.1, 0.15) is 0 Å². The monoisotopic (exact) mass is 284 g/mol. The average Bonchev–Trinajstić information content (AvgIpc) is 3.04. The normalized spacial score (nSPS) is 19.9. The number of carbonyl (C=O) groups excluding carboxylic acids is 1. The van der Waals surface area contributed by atoms with Crippen molar-refractivity contribution in [3.63, 3.8) is 0 Å². The van der Waals surface area contributed by atoms with Gasteiger partial charge in [0.05, 0.1) is 0 Å². The van der Waals surface area contributed by atoms with Gasteiger partial charge in [-0.25, -0.2) is 0 Å². The van der Waals surface area contributed by atoms with E-state index in [9.17, 15) is 4.79 Å². The molecule has 1 saturated carbocycles. The highest BCUT2D eigenvalue weighted by molar-refractivity contribution is 5.90. The molecule has 6 heteroatoms. The molecule has 2 aliphatic rings. The molecule has 1 unspecified atom stereocenters. The molecule has 4 rings (SSSR count). The van der Waals surface area contributed by atoms with Crippen molar-refractivity contribution in [1.82, 2.24) is 15.5 Å². The van der Waals surface area contributed by atoms with Gasteiger partial charge in [0.2, 0.25) is 5.89 Å². The van der Waals surface area contributed by atoms with Crippen LogP contribution in [-0.2, 0) is 6.42 Å². The Morgan fingerprint density at radius 1 is 1.38 bits per heavy atom. The van der Waals surface area contributed by atoms with Gasteiger partial charge in [0.25, 0.3) is 11.7 Å². The highest BCUT2D eigenvalue weighted by Crippen LogP contribution is 2.32. The summed E-state index contributed by atoms with van der Waals surface area (Å²) in [6.07, 6.45) is 2.73. The van der Waals surface area contributed by atoms with Crippen LogP contribution in [0.1, 0.15) is 40.8 Å². The van der Waals surface area contributed by atoms with Gasteiger partial charge in [-0.1, -0.05) is 23.4 Å². The smallest absolute Gasteiger partial charge is 0.292 e. The molecule has 1 aliphatic carbocycles. The molecule has 0 saturated heterocycles. The fourth-order valence-electron chi connectivity index (χ4n) is 2.66. The molecule has 2 aromatic rings. The van der Waals surface area contributed by atoms with Crippen molar-refractivity contribution in [1.29, 1.82) is 0 Å². The van der Waals surface area contributed by atoms with E-state index in [-0.39, 0.29) is 11.7 Å². The lowest BCUT2D eigenvalue weighted by atomic mass is 9.98. The molecule has 1 aromatic heterocycles. The molecule has 108 valence electrons. The lowest BCUT2D eigenvalue weighted by Gasteiger charge is -2.05. The van der Waals surface area contributed by atoms with Gasteiger partial charge in [-0.3, -0.25) is 4.79 Å². The summed E-state index contributed by atoms with van der Waals surface area (Å²) in [5.74, 6) is 0.717. The third-order valence-corrected chi connectivity index (χ3v) is 3.94. The number of hydrogen-bond acceptors (Lipinski definition) is 5. The van der Waals surface area contributed by atoms with Crippen LogP contribution in [0.2, 0.25) is 0 Å². The van der Waals surface area contributed by atoms with Crippen molar-refractivity contribution in [2.45, 2.75) is 31.2 Å². The number of rotatable bonds is 4. The van der Waals surface area contributed by atoms with E-state index >= 15 is 0 Å². The number of anilines is 1. The zero-order valence-corrected chi connectivity index (χ0v) is 11.5. The Balaban J connectivity index is 1.46. The second-order valence-corrected chi connectivity index (χ2v) is 5.63. The van der Waals surface area contributed by atoms with Crippen molar-refractivity contribution >= 4 is 11.6 Å². The second kappa shape index (κ2) is 4.87. The van der Waals surface area contributed by atoms with E-state index in [1.54, 1.807) is 0 Å². The molecule has 0 radical (unpaired) electrons. The quantitative estimate of drug-likeness (QED) is 0.893. The molecular formula is C15H16N4O2. The van der Waals surface area contributed by atoms with Gasteiger partial charge in [-0.2, -0.15) is 4.98 Å².